The molecule has 114 valence electrons. The molecule has 1 aromatic rings. The van der Waals surface area contributed by atoms with Crippen LogP contribution in [0.4, 0.5) is 11.4 Å². The van der Waals surface area contributed by atoms with E-state index in [4.69, 9.17) is 5.84 Å². The molecule has 1 amide bonds. The highest BCUT2D eigenvalue weighted by Crippen LogP contribution is 2.29. The van der Waals surface area contributed by atoms with Crippen LogP contribution in [-0.4, -0.2) is 16.9 Å². The first-order valence-electron chi connectivity index (χ1n) is 7.09. The minimum atomic E-state index is -0.563. The Hall–Kier alpha value is -2.15. The van der Waals surface area contributed by atoms with Gasteiger partial charge in [0, 0.05) is 12.1 Å². The fraction of sp³-hybridized carbons (Fsp3) is 0.500. The Morgan fingerprint density at radius 1 is 1.43 bits per heavy atom. The molecule has 1 aliphatic rings. The maximum Gasteiger partial charge on any atom is 0.294 e. The van der Waals surface area contributed by atoms with Gasteiger partial charge in [0.25, 0.3) is 11.6 Å². The molecular formula is C14H20N4O3. The summed E-state index contributed by atoms with van der Waals surface area (Å²) in [5.74, 6) is 5.48. The van der Waals surface area contributed by atoms with Gasteiger partial charge in [-0.25, -0.2) is 0 Å². The first-order valence-corrected chi connectivity index (χ1v) is 7.09. The first kappa shape index (κ1) is 15.2. The van der Waals surface area contributed by atoms with E-state index in [1.807, 2.05) is 6.92 Å². The normalized spacial score (nSPS) is 16.5. The number of hydrogen-bond acceptors (Lipinski definition) is 5. The van der Waals surface area contributed by atoms with Gasteiger partial charge in [-0.15, -0.1) is 0 Å². The lowest BCUT2D eigenvalue weighted by atomic mass is 9.99. The fourth-order valence-electron chi connectivity index (χ4n) is 2.89. The van der Waals surface area contributed by atoms with Crippen molar-refractivity contribution in [2.24, 2.45) is 11.8 Å². The molecule has 0 saturated heterocycles. The number of nitrogens with one attached hydrogen (secondary N) is 2. The Morgan fingerprint density at radius 3 is 2.67 bits per heavy atom. The van der Waals surface area contributed by atoms with Crippen molar-refractivity contribution in [3.63, 3.8) is 0 Å². The first-order chi connectivity index (χ1) is 10.0. The van der Waals surface area contributed by atoms with E-state index < -0.39 is 4.92 Å². The van der Waals surface area contributed by atoms with Gasteiger partial charge in [0.1, 0.15) is 5.69 Å². The lowest BCUT2D eigenvalue weighted by molar-refractivity contribution is -0.384. The van der Waals surface area contributed by atoms with Gasteiger partial charge in [0.15, 0.2) is 0 Å². The predicted molar refractivity (Wildman–Crippen MR) is 79.8 cm³/mol. The summed E-state index contributed by atoms with van der Waals surface area (Å²) in [6, 6.07) is 4.37. The number of benzene rings is 1. The third-order valence-corrected chi connectivity index (χ3v) is 4.09. The summed E-state index contributed by atoms with van der Waals surface area (Å²) in [7, 11) is 0. The molecule has 0 aromatic heterocycles. The van der Waals surface area contributed by atoms with Crippen LogP contribution in [0.1, 0.15) is 43.0 Å². The molecule has 7 heteroatoms. The minimum Gasteiger partial charge on any atom is -0.349 e. The van der Waals surface area contributed by atoms with Gasteiger partial charge in [-0.3, -0.25) is 20.8 Å². The Kier molecular flexibility index (Phi) is 4.74. The summed E-state index contributed by atoms with van der Waals surface area (Å²) in [5, 5.41) is 13.9. The number of amides is 1. The number of nitrogens with two attached hydrogens (primary N) is 1. The zero-order chi connectivity index (χ0) is 15.4. The van der Waals surface area contributed by atoms with E-state index in [-0.39, 0.29) is 28.9 Å². The number of nitrogens with zero attached hydrogens (tertiary/aromatic N) is 1. The van der Waals surface area contributed by atoms with Crippen molar-refractivity contribution in [1.29, 1.82) is 0 Å². The number of nitro benzene ring substituents is 1. The van der Waals surface area contributed by atoms with E-state index in [0.29, 0.717) is 5.92 Å². The van der Waals surface area contributed by atoms with Gasteiger partial charge in [-0.05, 0) is 31.7 Å². The Bertz CT molecular complexity index is 541. The van der Waals surface area contributed by atoms with E-state index in [0.717, 1.165) is 12.8 Å². The molecule has 0 heterocycles. The van der Waals surface area contributed by atoms with Crippen molar-refractivity contribution in [1.82, 2.24) is 5.32 Å². The molecule has 4 N–H and O–H groups in total. The number of para-hydroxylation sites is 1. The van der Waals surface area contributed by atoms with E-state index in [1.54, 1.807) is 0 Å². The zero-order valence-electron chi connectivity index (χ0n) is 12.0. The number of rotatable bonds is 5. The quantitative estimate of drug-likeness (QED) is 0.437. The lowest BCUT2D eigenvalue weighted by Crippen LogP contribution is -2.37. The summed E-state index contributed by atoms with van der Waals surface area (Å²) in [6.45, 7) is 1.97. The molecule has 0 bridgehead atoms. The van der Waals surface area contributed by atoms with Gasteiger partial charge in [0.2, 0.25) is 0 Å². The number of carbonyl (C=O) groups excluding carboxylic acids is 1. The molecule has 0 aliphatic heterocycles. The van der Waals surface area contributed by atoms with Gasteiger partial charge in [0.05, 0.1) is 10.5 Å². The Labute approximate surface area is 123 Å². The van der Waals surface area contributed by atoms with Crippen LogP contribution in [0.3, 0.4) is 0 Å². The van der Waals surface area contributed by atoms with Crippen LogP contribution in [0.2, 0.25) is 0 Å². The molecule has 1 aromatic carbocycles. The third-order valence-electron chi connectivity index (χ3n) is 4.09. The number of nitrogen functional groups attached to an aromatic ring is 1. The van der Waals surface area contributed by atoms with Crippen molar-refractivity contribution in [3.8, 4) is 0 Å². The largest absolute Gasteiger partial charge is 0.349 e. The lowest BCUT2D eigenvalue weighted by Gasteiger charge is -2.21. The Balaban J connectivity index is 2.18. The van der Waals surface area contributed by atoms with E-state index in [2.05, 4.69) is 10.7 Å². The van der Waals surface area contributed by atoms with Crippen molar-refractivity contribution >= 4 is 17.3 Å². The summed E-state index contributed by atoms with van der Waals surface area (Å²) in [6.07, 6.45) is 4.60. The second-order valence-corrected chi connectivity index (χ2v) is 5.41. The smallest absolute Gasteiger partial charge is 0.294 e. The molecule has 1 aliphatic carbocycles. The molecular weight excluding hydrogens is 272 g/mol. The van der Waals surface area contributed by atoms with Crippen LogP contribution in [0, 0.1) is 16.0 Å². The third kappa shape index (κ3) is 3.30. The number of anilines is 1. The monoisotopic (exact) mass is 292 g/mol. The molecule has 2 rings (SSSR count). The van der Waals surface area contributed by atoms with Crippen LogP contribution in [0.5, 0.6) is 0 Å². The maximum absolute atomic E-state index is 12.3. The summed E-state index contributed by atoms with van der Waals surface area (Å²) in [4.78, 5) is 22.7. The van der Waals surface area contributed by atoms with Crippen LogP contribution in [0.25, 0.3) is 0 Å². The van der Waals surface area contributed by atoms with E-state index in [1.165, 1.54) is 31.0 Å². The van der Waals surface area contributed by atoms with E-state index in [9.17, 15) is 14.9 Å². The average Bonchev–Trinajstić information content (AvgIpc) is 3.00. The Morgan fingerprint density at radius 2 is 2.10 bits per heavy atom. The molecule has 7 nitrogen and oxygen atoms in total. The van der Waals surface area contributed by atoms with Crippen molar-refractivity contribution in [3.05, 3.63) is 33.9 Å². The molecule has 1 unspecified atom stereocenters. The minimum absolute atomic E-state index is 0.0404. The van der Waals surface area contributed by atoms with Crippen molar-refractivity contribution < 1.29 is 9.72 Å². The highest BCUT2D eigenvalue weighted by Gasteiger charge is 2.26. The van der Waals surface area contributed by atoms with E-state index >= 15 is 0 Å². The fourth-order valence-corrected chi connectivity index (χ4v) is 2.89. The van der Waals surface area contributed by atoms with Crippen LogP contribution >= 0.6 is 0 Å². The number of nitro groups is 1. The number of hydrazine groups is 1. The number of hydrogen-bond donors (Lipinski definition) is 3. The molecule has 1 atom stereocenters. The van der Waals surface area contributed by atoms with Crippen molar-refractivity contribution in [2.45, 2.75) is 38.6 Å². The topological polar surface area (TPSA) is 110 Å². The van der Waals surface area contributed by atoms with Crippen LogP contribution < -0.4 is 16.6 Å². The van der Waals surface area contributed by atoms with Crippen LogP contribution in [0.15, 0.2) is 18.2 Å². The summed E-state index contributed by atoms with van der Waals surface area (Å²) in [5.41, 5.74) is 2.29. The average molecular weight is 292 g/mol. The standard InChI is InChI=1S/C14H20N4O3/c1-9(10-5-2-3-6-10)16-14(19)11-7-4-8-12(18(20)21)13(11)17-15/h4,7-10,17H,2-3,5-6,15H2,1H3,(H,16,19). The van der Waals surface area contributed by atoms with Gasteiger partial charge in [-0.1, -0.05) is 18.9 Å². The highest BCUT2D eigenvalue weighted by molar-refractivity contribution is 6.01. The zero-order valence-corrected chi connectivity index (χ0v) is 12.0. The second-order valence-electron chi connectivity index (χ2n) is 5.41. The SMILES string of the molecule is CC(NC(=O)c1cccc([N+](=O)[O-])c1NN)C1CCCC1. The van der Waals surface area contributed by atoms with Gasteiger partial charge < -0.3 is 10.7 Å². The number of carbonyl (C=O) groups is 1. The molecule has 1 saturated carbocycles. The predicted octanol–water partition coefficient (Wildman–Crippen LogP) is 2.19. The second kappa shape index (κ2) is 6.53. The summed E-state index contributed by atoms with van der Waals surface area (Å²) >= 11 is 0. The molecule has 0 radical (unpaired) electrons. The molecule has 0 spiro atoms. The molecule has 1 fully saturated rings. The van der Waals surface area contributed by atoms with Gasteiger partial charge in [-0.2, -0.15) is 0 Å². The highest BCUT2D eigenvalue weighted by atomic mass is 16.6. The van der Waals surface area contributed by atoms with Gasteiger partial charge >= 0.3 is 0 Å². The van der Waals surface area contributed by atoms with Crippen molar-refractivity contribution in [2.75, 3.05) is 5.43 Å². The summed E-state index contributed by atoms with van der Waals surface area (Å²) < 4.78 is 0. The maximum atomic E-state index is 12.3. The molecule has 21 heavy (non-hydrogen) atoms. The van der Waals surface area contributed by atoms with Crippen LogP contribution in [-0.2, 0) is 0 Å².